The maximum Gasteiger partial charge on any atom is 0.152 e. The van der Waals surface area contributed by atoms with Gasteiger partial charge in [0.05, 0.1) is 5.69 Å². The van der Waals surface area contributed by atoms with Crippen LogP contribution in [-0.4, -0.2) is 4.98 Å². The van der Waals surface area contributed by atoms with E-state index in [0.717, 1.165) is 17.7 Å². The molecule has 1 heterocycles. The van der Waals surface area contributed by atoms with Crippen molar-refractivity contribution in [3.05, 3.63) is 22.0 Å². The lowest BCUT2D eigenvalue weighted by atomic mass is 10.0. The highest BCUT2D eigenvalue weighted by Gasteiger charge is 2.08. The summed E-state index contributed by atoms with van der Waals surface area (Å²) in [4.78, 5) is 4.15. The number of nitrogens with zero attached hydrogens (tertiary/aromatic N) is 1. The molecule has 0 radical (unpaired) electrons. The van der Waals surface area contributed by atoms with Gasteiger partial charge in [-0.3, -0.25) is 0 Å². The van der Waals surface area contributed by atoms with E-state index in [1.807, 2.05) is 13.8 Å². The van der Waals surface area contributed by atoms with E-state index in [-0.39, 0.29) is 0 Å². The Hall–Kier alpha value is -0.760. The first-order chi connectivity index (χ1) is 5.57. The molecule has 0 aliphatic heterocycles. The summed E-state index contributed by atoms with van der Waals surface area (Å²) >= 11 is 5.81. The first-order valence-electron chi connectivity index (χ1n) is 3.99. The SMILES string of the molecule is CCc1c(C)nc(Cl)c(N)c1C. The van der Waals surface area contributed by atoms with Crippen LogP contribution in [0.2, 0.25) is 5.15 Å². The van der Waals surface area contributed by atoms with Gasteiger partial charge in [0.25, 0.3) is 0 Å². The number of nitrogen functional groups attached to an aromatic ring is 1. The number of rotatable bonds is 1. The zero-order chi connectivity index (χ0) is 9.30. The Labute approximate surface area is 77.8 Å². The molecule has 3 heteroatoms. The number of halogens is 1. The zero-order valence-corrected chi connectivity index (χ0v) is 8.37. The number of pyridine rings is 1. The summed E-state index contributed by atoms with van der Waals surface area (Å²) in [5.74, 6) is 0. The highest BCUT2D eigenvalue weighted by Crippen LogP contribution is 2.25. The minimum absolute atomic E-state index is 0.419. The van der Waals surface area contributed by atoms with E-state index in [1.165, 1.54) is 5.56 Å². The molecule has 0 bridgehead atoms. The Morgan fingerprint density at radius 1 is 1.42 bits per heavy atom. The largest absolute Gasteiger partial charge is 0.396 e. The first kappa shape index (κ1) is 9.33. The number of nitrogens with two attached hydrogens (primary N) is 1. The zero-order valence-electron chi connectivity index (χ0n) is 7.61. The monoisotopic (exact) mass is 184 g/mol. The molecule has 0 fully saturated rings. The fourth-order valence-electron chi connectivity index (χ4n) is 1.38. The molecule has 0 aliphatic carbocycles. The van der Waals surface area contributed by atoms with Crippen molar-refractivity contribution in [1.29, 1.82) is 0 Å². The second kappa shape index (κ2) is 3.31. The van der Waals surface area contributed by atoms with Crippen molar-refractivity contribution in [2.75, 3.05) is 5.73 Å². The lowest BCUT2D eigenvalue weighted by molar-refractivity contribution is 1.03. The quantitative estimate of drug-likeness (QED) is 0.682. The molecule has 0 spiro atoms. The van der Waals surface area contributed by atoms with E-state index in [0.29, 0.717) is 10.8 Å². The molecule has 2 nitrogen and oxygen atoms in total. The molecular weight excluding hydrogens is 172 g/mol. The van der Waals surface area contributed by atoms with E-state index in [2.05, 4.69) is 11.9 Å². The van der Waals surface area contributed by atoms with Gasteiger partial charge in [0.2, 0.25) is 0 Å². The number of hydrogen-bond donors (Lipinski definition) is 1. The summed E-state index contributed by atoms with van der Waals surface area (Å²) in [7, 11) is 0. The summed E-state index contributed by atoms with van der Waals surface area (Å²) in [5, 5.41) is 0.419. The van der Waals surface area contributed by atoms with E-state index in [4.69, 9.17) is 17.3 Å². The van der Waals surface area contributed by atoms with Crippen molar-refractivity contribution in [2.45, 2.75) is 27.2 Å². The third kappa shape index (κ3) is 1.39. The molecule has 0 saturated heterocycles. The molecule has 0 saturated carbocycles. The lowest BCUT2D eigenvalue weighted by Crippen LogP contribution is -2.01. The molecule has 2 N–H and O–H groups in total. The third-order valence-electron chi connectivity index (χ3n) is 2.14. The van der Waals surface area contributed by atoms with Crippen molar-refractivity contribution in [1.82, 2.24) is 4.98 Å². The highest BCUT2D eigenvalue weighted by atomic mass is 35.5. The van der Waals surface area contributed by atoms with E-state index < -0.39 is 0 Å². The molecule has 0 atom stereocenters. The Balaban J connectivity index is 3.40. The summed E-state index contributed by atoms with van der Waals surface area (Å²) in [6, 6.07) is 0. The van der Waals surface area contributed by atoms with Crippen LogP contribution < -0.4 is 5.73 Å². The van der Waals surface area contributed by atoms with E-state index in [1.54, 1.807) is 0 Å². The van der Waals surface area contributed by atoms with E-state index >= 15 is 0 Å². The Morgan fingerprint density at radius 2 is 2.00 bits per heavy atom. The predicted molar refractivity (Wildman–Crippen MR) is 52.5 cm³/mol. The molecular formula is C9H13ClN2. The second-order valence-electron chi connectivity index (χ2n) is 2.86. The van der Waals surface area contributed by atoms with E-state index in [9.17, 15) is 0 Å². The molecule has 1 aromatic heterocycles. The standard InChI is InChI=1S/C9H13ClN2/c1-4-7-5(2)8(11)9(10)12-6(7)3/h4,11H2,1-3H3. The van der Waals surface area contributed by atoms with Crippen molar-refractivity contribution >= 4 is 17.3 Å². The smallest absolute Gasteiger partial charge is 0.152 e. The summed E-state index contributed by atoms with van der Waals surface area (Å²) < 4.78 is 0. The van der Waals surface area contributed by atoms with Gasteiger partial charge in [-0.05, 0) is 31.4 Å². The van der Waals surface area contributed by atoms with Crippen LogP contribution in [-0.2, 0) is 6.42 Å². The molecule has 0 amide bonds. The van der Waals surface area contributed by atoms with Crippen molar-refractivity contribution < 1.29 is 0 Å². The van der Waals surface area contributed by atoms with Crippen LogP contribution in [0.15, 0.2) is 0 Å². The van der Waals surface area contributed by atoms with Gasteiger partial charge in [-0.2, -0.15) is 0 Å². The molecule has 1 rings (SSSR count). The topological polar surface area (TPSA) is 38.9 Å². The van der Waals surface area contributed by atoms with Crippen molar-refractivity contribution in [3.63, 3.8) is 0 Å². The van der Waals surface area contributed by atoms with Crippen LogP contribution in [0, 0.1) is 13.8 Å². The average Bonchev–Trinajstić information content (AvgIpc) is 2.01. The number of aromatic nitrogens is 1. The van der Waals surface area contributed by atoms with Gasteiger partial charge in [0.1, 0.15) is 0 Å². The number of hydrogen-bond acceptors (Lipinski definition) is 2. The molecule has 1 aromatic rings. The van der Waals surface area contributed by atoms with Crippen molar-refractivity contribution in [3.8, 4) is 0 Å². The minimum atomic E-state index is 0.419. The first-order valence-corrected chi connectivity index (χ1v) is 4.36. The summed E-state index contributed by atoms with van der Waals surface area (Å²) in [6.45, 7) is 6.02. The van der Waals surface area contributed by atoms with Crippen LogP contribution in [0.5, 0.6) is 0 Å². The normalized spacial score (nSPS) is 10.3. The van der Waals surface area contributed by atoms with Gasteiger partial charge >= 0.3 is 0 Å². The molecule has 0 unspecified atom stereocenters. The van der Waals surface area contributed by atoms with Gasteiger partial charge in [0, 0.05) is 5.69 Å². The Kier molecular flexibility index (Phi) is 2.58. The molecule has 12 heavy (non-hydrogen) atoms. The van der Waals surface area contributed by atoms with Gasteiger partial charge in [0.15, 0.2) is 5.15 Å². The number of aryl methyl sites for hydroxylation is 1. The maximum atomic E-state index is 5.81. The van der Waals surface area contributed by atoms with Crippen LogP contribution in [0.1, 0.15) is 23.7 Å². The van der Waals surface area contributed by atoms with Gasteiger partial charge in [-0.15, -0.1) is 0 Å². The number of anilines is 1. The molecule has 0 aromatic carbocycles. The molecule has 66 valence electrons. The Morgan fingerprint density at radius 3 is 2.50 bits per heavy atom. The predicted octanol–water partition coefficient (Wildman–Crippen LogP) is 2.50. The summed E-state index contributed by atoms with van der Waals surface area (Å²) in [6.07, 6.45) is 0.950. The lowest BCUT2D eigenvalue weighted by Gasteiger charge is -2.10. The minimum Gasteiger partial charge on any atom is -0.396 e. The fourth-order valence-corrected chi connectivity index (χ4v) is 1.65. The van der Waals surface area contributed by atoms with Crippen molar-refractivity contribution in [2.24, 2.45) is 0 Å². The molecule has 0 aliphatic rings. The van der Waals surface area contributed by atoms with Gasteiger partial charge in [-0.25, -0.2) is 4.98 Å². The van der Waals surface area contributed by atoms with Gasteiger partial charge in [-0.1, -0.05) is 18.5 Å². The summed E-state index contributed by atoms with van der Waals surface area (Å²) in [5.41, 5.74) is 9.59. The maximum absolute atomic E-state index is 5.81. The highest BCUT2D eigenvalue weighted by molar-refractivity contribution is 6.32. The van der Waals surface area contributed by atoms with Crippen LogP contribution in [0.25, 0.3) is 0 Å². The second-order valence-corrected chi connectivity index (χ2v) is 3.22. The van der Waals surface area contributed by atoms with Crippen LogP contribution >= 0.6 is 11.6 Å². The van der Waals surface area contributed by atoms with Crippen LogP contribution in [0.3, 0.4) is 0 Å². The Bertz CT molecular complexity index is 308. The average molecular weight is 185 g/mol. The fraction of sp³-hybridized carbons (Fsp3) is 0.444. The third-order valence-corrected chi connectivity index (χ3v) is 2.42. The van der Waals surface area contributed by atoms with Crippen LogP contribution in [0.4, 0.5) is 5.69 Å². The van der Waals surface area contributed by atoms with Gasteiger partial charge < -0.3 is 5.73 Å².